The molecule has 19 heavy (non-hydrogen) atoms. The maximum atomic E-state index is 5.68. The average Bonchev–Trinajstić information content (AvgIpc) is 2.39. The number of hydrogen-bond donors (Lipinski definition) is 1. The zero-order valence-electron chi connectivity index (χ0n) is 11.7. The third-order valence-electron chi connectivity index (χ3n) is 2.98. The molecule has 2 aromatic rings. The molecule has 2 N–H and O–H groups in total. The molecule has 0 aliphatic rings. The molecule has 1 aromatic heterocycles. The number of nitrogens with two attached hydrogens (primary N) is 1. The van der Waals surface area contributed by atoms with E-state index < -0.39 is 0 Å². The van der Waals surface area contributed by atoms with Gasteiger partial charge in [-0.05, 0) is 44.5 Å². The van der Waals surface area contributed by atoms with Gasteiger partial charge >= 0.3 is 0 Å². The molecule has 0 unspecified atom stereocenters. The maximum absolute atomic E-state index is 5.68. The first-order chi connectivity index (χ1) is 9.13. The molecule has 0 atom stereocenters. The molecule has 0 saturated carbocycles. The summed E-state index contributed by atoms with van der Waals surface area (Å²) in [6.07, 6.45) is 0. The molecule has 0 radical (unpaired) electrons. The molecule has 0 spiro atoms. The van der Waals surface area contributed by atoms with Gasteiger partial charge in [0.1, 0.15) is 0 Å². The summed E-state index contributed by atoms with van der Waals surface area (Å²) in [5.41, 5.74) is 9.83. The topological polar surface area (TPSA) is 55.0 Å². The van der Waals surface area contributed by atoms with Crippen LogP contribution in [0.2, 0.25) is 0 Å². The van der Waals surface area contributed by atoms with Gasteiger partial charge in [0.15, 0.2) is 0 Å². The van der Waals surface area contributed by atoms with Crippen LogP contribution in [-0.2, 0) is 6.54 Å². The van der Waals surface area contributed by atoms with Gasteiger partial charge in [-0.25, -0.2) is 9.97 Å². The standard InChI is InChI=1S/C15H20N4/c1-4-19(14-7-5-6-11(2)8-14)15-17-12(3)9-13(10-16)18-15/h5-9H,4,10,16H2,1-3H3. The lowest BCUT2D eigenvalue weighted by Gasteiger charge is -2.22. The van der Waals surface area contributed by atoms with Gasteiger partial charge < -0.3 is 10.6 Å². The second kappa shape index (κ2) is 5.80. The fourth-order valence-electron chi connectivity index (χ4n) is 2.08. The van der Waals surface area contributed by atoms with Gasteiger partial charge in [0.2, 0.25) is 5.95 Å². The number of aromatic nitrogens is 2. The second-order valence-corrected chi connectivity index (χ2v) is 4.59. The smallest absolute Gasteiger partial charge is 0.230 e. The van der Waals surface area contributed by atoms with Crippen molar-refractivity contribution in [3.8, 4) is 0 Å². The number of hydrogen-bond acceptors (Lipinski definition) is 4. The van der Waals surface area contributed by atoms with Crippen molar-refractivity contribution >= 4 is 11.6 Å². The third kappa shape index (κ3) is 3.09. The van der Waals surface area contributed by atoms with Crippen molar-refractivity contribution in [3.05, 3.63) is 47.3 Å². The Morgan fingerprint density at radius 3 is 2.58 bits per heavy atom. The van der Waals surface area contributed by atoms with E-state index in [0.29, 0.717) is 12.5 Å². The van der Waals surface area contributed by atoms with Crippen LogP contribution in [-0.4, -0.2) is 16.5 Å². The van der Waals surface area contributed by atoms with Crippen LogP contribution in [0.3, 0.4) is 0 Å². The fourth-order valence-corrected chi connectivity index (χ4v) is 2.08. The SMILES string of the molecule is CCN(c1cccc(C)c1)c1nc(C)cc(CN)n1. The van der Waals surface area contributed by atoms with Gasteiger partial charge in [-0.1, -0.05) is 12.1 Å². The first kappa shape index (κ1) is 13.5. The quantitative estimate of drug-likeness (QED) is 0.913. The van der Waals surface area contributed by atoms with E-state index in [-0.39, 0.29) is 0 Å². The third-order valence-corrected chi connectivity index (χ3v) is 2.98. The highest BCUT2D eigenvalue weighted by atomic mass is 15.3. The van der Waals surface area contributed by atoms with E-state index in [1.54, 1.807) is 0 Å². The number of rotatable bonds is 4. The molecule has 1 aromatic carbocycles. The Bertz CT molecular complexity index is 566. The van der Waals surface area contributed by atoms with E-state index in [1.165, 1.54) is 5.56 Å². The molecular formula is C15H20N4. The van der Waals surface area contributed by atoms with Gasteiger partial charge in [-0.3, -0.25) is 0 Å². The van der Waals surface area contributed by atoms with Crippen molar-refractivity contribution < 1.29 is 0 Å². The van der Waals surface area contributed by atoms with Crippen molar-refractivity contribution in [2.24, 2.45) is 5.73 Å². The molecule has 4 heteroatoms. The fraction of sp³-hybridized carbons (Fsp3) is 0.333. The molecule has 0 bridgehead atoms. The summed E-state index contributed by atoms with van der Waals surface area (Å²) >= 11 is 0. The van der Waals surface area contributed by atoms with E-state index in [4.69, 9.17) is 5.73 Å². The Labute approximate surface area is 114 Å². The normalized spacial score (nSPS) is 10.5. The van der Waals surface area contributed by atoms with E-state index in [2.05, 4.69) is 46.9 Å². The summed E-state index contributed by atoms with van der Waals surface area (Å²) in [5.74, 6) is 0.716. The van der Waals surface area contributed by atoms with Gasteiger partial charge in [0.05, 0.1) is 5.69 Å². The van der Waals surface area contributed by atoms with Crippen LogP contribution in [0.25, 0.3) is 0 Å². The van der Waals surface area contributed by atoms with Gasteiger partial charge in [0.25, 0.3) is 0 Å². The van der Waals surface area contributed by atoms with Crippen LogP contribution >= 0.6 is 0 Å². The molecule has 0 amide bonds. The van der Waals surface area contributed by atoms with Gasteiger partial charge in [-0.2, -0.15) is 0 Å². The predicted molar refractivity (Wildman–Crippen MR) is 78.5 cm³/mol. The summed E-state index contributed by atoms with van der Waals surface area (Å²) in [6.45, 7) is 7.39. The van der Waals surface area contributed by atoms with Crippen LogP contribution in [0.5, 0.6) is 0 Å². The zero-order chi connectivity index (χ0) is 13.8. The number of nitrogens with zero attached hydrogens (tertiary/aromatic N) is 3. The summed E-state index contributed by atoms with van der Waals surface area (Å²) in [7, 11) is 0. The van der Waals surface area contributed by atoms with Crippen LogP contribution in [0.15, 0.2) is 30.3 Å². The first-order valence-corrected chi connectivity index (χ1v) is 6.53. The highest BCUT2D eigenvalue weighted by Crippen LogP contribution is 2.23. The molecule has 4 nitrogen and oxygen atoms in total. The highest BCUT2D eigenvalue weighted by molar-refractivity contribution is 5.58. The lowest BCUT2D eigenvalue weighted by molar-refractivity contribution is 0.888. The summed E-state index contributed by atoms with van der Waals surface area (Å²) < 4.78 is 0. The Kier molecular flexibility index (Phi) is 4.12. The molecule has 0 fully saturated rings. The maximum Gasteiger partial charge on any atom is 0.230 e. The summed E-state index contributed by atoms with van der Waals surface area (Å²) in [5, 5.41) is 0. The molecule has 2 rings (SSSR count). The Hall–Kier alpha value is -1.94. The predicted octanol–water partition coefficient (Wildman–Crippen LogP) is 2.71. The van der Waals surface area contributed by atoms with E-state index in [9.17, 15) is 0 Å². The highest BCUT2D eigenvalue weighted by Gasteiger charge is 2.11. The lowest BCUT2D eigenvalue weighted by atomic mass is 10.2. The van der Waals surface area contributed by atoms with Crippen LogP contribution in [0, 0.1) is 13.8 Å². The molecule has 0 aliphatic heterocycles. The monoisotopic (exact) mass is 256 g/mol. The molecule has 0 saturated heterocycles. The largest absolute Gasteiger partial charge is 0.325 e. The minimum absolute atomic E-state index is 0.432. The van der Waals surface area contributed by atoms with Crippen LogP contribution < -0.4 is 10.6 Å². The van der Waals surface area contributed by atoms with Crippen LogP contribution in [0.4, 0.5) is 11.6 Å². The van der Waals surface area contributed by atoms with Crippen molar-refractivity contribution in [1.29, 1.82) is 0 Å². The first-order valence-electron chi connectivity index (χ1n) is 6.53. The Balaban J connectivity index is 2.44. The minimum atomic E-state index is 0.432. The van der Waals surface area contributed by atoms with Crippen molar-refractivity contribution in [2.45, 2.75) is 27.3 Å². The van der Waals surface area contributed by atoms with Crippen molar-refractivity contribution in [3.63, 3.8) is 0 Å². The zero-order valence-corrected chi connectivity index (χ0v) is 11.7. The van der Waals surface area contributed by atoms with Gasteiger partial charge in [0, 0.05) is 24.5 Å². The Morgan fingerprint density at radius 1 is 1.16 bits per heavy atom. The number of anilines is 2. The van der Waals surface area contributed by atoms with Crippen LogP contribution in [0.1, 0.15) is 23.9 Å². The Morgan fingerprint density at radius 2 is 1.95 bits per heavy atom. The van der Waals surface area contributed by atoms with Gasteiger partial charge in [-0.15, -0.1) is 0 Å². The minimum Gasteiger partial charge on any atom is -0.325 e. The van der Waals surface area contributed by atoms with E-state index >= 15 is 0 Å². The van der Waals surface area contributed by atoms with E-state index in [0.717, 1.165) is 23.6 Å². The number of aryl methyl sites for hydroxylation is 2. The average molecular weight is 256 g/mol. The van der Waals surface area contributed by atoms with Crippen molar-refractivity contribution in [1.82, 2.24) is 9.97 Å². The van der Waals surface area contributed by atoms with Crippen molar-refractivity contribution in [2.75, 3.05) is 11.4 Å². The molecule has 100 valence electrons. The lowest BCUT2D eigenvalue weighted by Crippen LogP contribution is -2.20. The molecule has 0 aliphatic carbocycles. The molecular weight excluding hydrogens is 236 g/mol. The van der Waals surface area contributed by atoms with E-state index in [1.807, 2.05) is 19.1 Å². The summed E-state index contributed by atoms with van der Waals surface area (Å²) in [4.78, 5) is 11.1. The second-order valence-electron chi connectivity index (χ2n) is 4.59. The molecule has 1 heterocycles. The number of benzene rings is 1. The summed E-state index contributed by atoms with van der Waals surface area (Å²) in [6, 6.07) is 10.3.